The Morgan fingerprint density at radius 3 is 2.25 bits per heavy atom. The van der Waals surface area contributed by atoms with Gasteiger partial charge < -0.3 is 5.73 Å². The van der Waals surface area contributed by atoms with Crippen molar-refractivity contribution in [2.75, 3.05) is 6.54 Å². The van der Waals surface area contributed by atoms with E-state index in [4.69, 9.17) is 5.73 Å². The number of nitrogens with zero attached hydrogens (tertiary/aromatic N) is 2. The first-order valence-corrected chi connectivity index (χ1v) is 6.34. The van der Waals surface area contributed by atoms with Crippen LogP contribution in [0.2, 0.25) is 0 Å². The van der Waals surface area contributed by atoms with Gasteiger partial charge in [0.05, 0.1) is 11.1 Å². The molecule has 0 spiro atoms. The molecule has 0 saturated heterocycles. The van der Waals surface area contributed by atoms with Gasteiger partial charge in [0, 0.05) is 6.54 Å². The lowest BCUT2D eigenvalue weighted by molar-refractivity contribution is 0.0524. The third kappa shape index (κ3) is 1.81. The SMILES string of the molecule is CC1(N2C(=O)c3ccccc3C2=O)CCCN=C1N.Cl. The van der Waals surface area contributed by atoms with Gasteiger partial charge in [-0.15, -0.1) is 12.4 Å². The molecule has 0 bridgehead atoms. The van der Waals surface area contributed by atoms with Crippen LogP contribution in [0.15, 0.2) is 29.3 Å². The van der Waals surface area contributed by atoms with E-state index in [9.17, 15) is 9.59 Å². The predicted octanol–water partition coefficient (Wildman–Crippen LogP) is 1.61. The van der Waals surface area contributed by atoms with Crippen LogP contribution in [0.5, 0.6) is 0 Å². The van der Waals surface area contributed by atoms with Gasteiger partial charge in [0.25, 0.3) is 11.8 Å². The fourth-order valence-electron chi connectivity index (χ4n) is 2.79. The van der Waals surface area contributed by atoms with E-state index in [1.165, 1.54) is 4.90 Å². The Bertz CT molecular complexity index is 579. The Labute approximate surface area is 123 Å². The molecule has 106 valence electrons. The van der Waals surface area contributed by atoms with E-state index in [2.05, 4.69) is 4.99 Å². The standard InChI is InChI=1S/C14H15N3O2.ClH/c1-14(7-4-8-16-13(14)15)17-11(18)9-5-2-3-6-10(9)12(17)19;/h2-3,5-6H,4,7-8H2,1H3,(H2,15,16);1H. The summed E-state index contributed by atoms with van der Waals surface area (Å²) in [5.41, 5.74) is 6.06. The maximum Gasteiger partial charge on any atom is 0.262 e. The van der Waals surface area contributed by atoms with Gasteiger partial charge in [-0.25, -0.2) is 0 Å². The van der Waals surface area contributed by atoms with Gasteiger partial charge in [0.2, 0.25) is 0 Å². The summed E-state index contributed by atoms with van der Waals surface area (Å²) in [4.78, 5) is 30.4. The van der Waals surface area contributed by atoms with Gasteiger partial charge in [0.1, 0.15) is 11.4 Å². The maximum atomic E-state index is 12.5. The van der Waals surface area contributed by atoms with E-state index in [1.807, 2.05) is 6.92 Å². The van der Waals surface area contributed by atoms with Gasteiger partial charge in [0.15, 0.2) is 0 Å². The fourth-order valence-corrected chi connectivity index (χ4v) is 2.79. The zero-order chi connectivity index (χ0) is 13.6. The smallest absolute Gasteiger partial charge is 0.262 e. The molecule has 20 heavy (non-hydrogen) atoms. The minimum Gasteiger partial charge on any atom is -0.385 e. The van der Waals surface area contributed by atoms with Gasteiger partial charge in [-0.05, 0) is 31.9 Å². The van der Waals surface area contributed by atoms with Crippen LogP contribution in [0.25, 0.3) is 0 Å². The molecule has 1 unspecified atom stereocenters. The molecule has 0 saturated carbocycles. The third-order valence-electron chi connectivity index (χ3n) is 3.94. The summed E-state index contributed by atoms with van der Waals surface area (Å²) in [6, 6.07) is 6.87. The molecule has 5 nitrogen and oxygen atoms in total. The maximum absolute atomic E-state index is 12.5. The lowest BCUT2D eigenvalue weighted by atomic mass is 9.90. The van der Waals surface area contributed by atoms with Crippen LogP contribution in [0.3, 0.4) is 0 Å². The summed E-state index contributed by atoms with van der Waals surface area (Å²) < 4.78 is 0. The second-order valence-electron chi connectivity index (χ2n) is 5.14. The lowest BCUT2D eigenvalue weighted by Gasteiger charge is -2.38. The van der Waals surface area contributed by atoms with Crippen molar-refractivity contribution in [3.8, 4) is 0 Å². The van der Waals surface area contributed by atoms with Crippen molar-refractivity contribution in [1.82, 2.24) is 4.90 Å². The molecule has 3 rings (SSSR count). The third-order valence-corrected chi connectivity index (χ3v) is 3.94. The first kappa shape index (κ1) is 14.5. The van der Waals surface area contributed by atoms with Gasteiger partial charge >= 0.3 is 0 Å². The van der Waals surface area contributed by atoms with Gasteiger partial charge in [-0.3, -0.25) is 19.5 Å². The largest absolute Gasteiger partial charge is 0.385 e. The number of halogens is 1. The van der Waals surface area contributed by atoms with Crippen LogP contribution in [0, 0.1) is 0 Å². The fraction of sp³-hybridized carbons (Fsp3) is 0.357. The summed E-state index contributed by atoms with van der Waals surface area (Å²) in [6.45, 7) is 2.47. The zero-order valence-corrected chi connectivity index (χ0v) is 11.9. The molecule has 6 heteroatoms. The first-order valence-electron chi connectivity index (χ1n) is 6.34. The molecule has 1 aromatic carbocycles. The lowest BCUT2D eigenvalue weighted by Crippen LogP contribution is -2.59. The molecular formula is C14H16ClN3O2. The van der Waals surface area contributed by atoms with Crippen molar-refractivity contribution in [2.24, 2.45) is 10.7 Å². The average molecular weight is 294 g/mol. The zero-order valence-electron chi connectivity index (χ0n) is 11.1. The van der Waals surface area contributed by atoms with Crippen LogP contribution < -0.4 is 5.73 Å². The van der Waals surface area contributed by atoms with Gasteiger partial charge in [-0.2, -0.15) is 0 Å². The van der Waals surface area contributed by atoms with Crippen LogP contribution in [-0.4, -0.2) is 34.6 Å². The number of amidine groups is 1. The topological polar surface area (TPSA) is 75.8 Å². The van der Waals surface area contributed by atoms with E-state index in [0.717, 1.165) is 6.42 Å². The molecule has 0 radical (unpaired) electrons. The molecule has 2 N–H and O–H groups in total. The highest BCUT2D eigenvalue weighted by Gasteiger charge is 2.48. The summed E-state index contributed by atoms with van der Waals surface area (Å²) in [5, 5.41) is 0. The number of fused-ring (bicyclic) bond motifs is 1. The molecule has 2 amide bonds. The normalized spacial score (nSPS) is 25.1. The molecular weight excluding hydrogens is 278 g/mol. The Morgan fingerprint density at radius 1 is 1.20 bits per heavy atom. The molecule has 1 aromatic rings. The van der Waals surface area contributed by atoms with Crippen molar-refractivity contribution in [3.05, 3.63) is 35.4 Å². The summed E-state index contributed by atoms with van der Waals surface area (Å²) in [5.74, 6) is -0.181. The number of hydrogen-bond donors (Lipinski definition) is 1. The number of aliphatic imine (C=N–C) groups is 1. The second kappa shape index (κ2) is 4.90. The quantitative estimate of drug-likeness (QED) is 0.799. The Morgan fingerprint density at radius 2 is 1.75 bits per heavy atom. The molecule has 2 heterocycles. The number of benzene rings is 1. The predicted molar refractivity (Wildman–Crippen MR) is 78.3 cm³/mol. The molecule has 0 aromatic heterocycles. The van der Waals surface area contributed by atoms with Crippen molar-refractivity contribution >= 4 is 30.1 Å². The van der Waals surface area contributed by atoms with Crippen molar-refractivity contribution in [3.63, 3.8) is 0 Å². The molecule has 1 atom stereocenters. The van der Waals surface area contributed by atoms with E-state index in [0.29, 0.717) is 29.9 Å². The van der Waals surface area contributed by atoms with Crippen LogP contribution in [0.1, 0.15) is 40.5 Å². The number of carbonyl (C=O) groups excluding carboxylic acids is 2. The van der Waals surface area contributed by atoms with Crippen molar-refractivity contribution in [2.45, 2.75) is 25.3 Å². The Kier molecular flexibility index (Phi) is 3.56. The van der Waals surface area contributed by atoms with Crippen molar-refractivity contribution in [1.29, 1.82) is 0 Å². The highest BCUT2D eigenvalue weighted by Crippen LogP contribution is 2.33. The van der Waals surface area contributed by atoms with Crippen LogP contribution in [-0.2, 0) is 0 Å². The molecule has 2 aliphatic rings. The monoisotopic (exact) mass is 293 g/mol. The summed E-state index contributed by atoms with van der Waals surface area (Å²) in [6.07, 6.45) is 1.48. The van der Waals surface area contributed by atoms with Crippen LogP contribution >= 0.6 is 12.4 Å². The van der Waals surface area contributed by atoms with Gasteiger partial charge in [-0.1, -0.05) is 12.1 Å². The highest BCUT2D eigenvalue weighted by molar-refractivity contribution is 6.23. The van der Waals surface area contributed by atoms with E-state index < -0.39 is 5.54 Å². The first-order chi connectivity index (χ1) is 9.05. The van der Waals surface area contributed by atoms with E-state index in [-0.39, 0.29) is 24.2 Å². The number of amides is 2. The number of nitrogens with two attached hydrogens (primary N) is 1. The molecule has 0 fully saturated rings. The highest BCUT2D eigenvalue weighted by atomic mass is 35.5. The van der Waals surface area contributed by atoms with Crippen LogP contribution in [0.4, 0.5) is 0 Å². The summed E-state index contributed by atoms with van der Waals surface area (Å²) in [7, 11) is 0. The minimum atomic E-state index is -0.800. The molecule has 0 aliphatic carbocycles. The number of carbonyl (C=O) groups is 2. The average Bonchev–Trinajstić information content (AvgIpc) is 2.67. The number of rotatable bonds is 1. The van der Waals surface area contributed by atoms with Crippen molar-refractivity contribution < 1.29 is 9.59 Å². The second-order valence-corrected chi connectivity index (χ2v) is 5.14. The Hall–Kier alpha value is -1.88. The van der Waals surface area contributed by atoms with E-state index >= 15 is 0 Å². The van der Waals surface area contributed by atoms with E-state index in [1.54, 1.807) is 24.3 Å². The Balaban J connectivity index is 0.00000147. The minimum absolute atomic E-state index is 0. The molecule has 2 aliphatic heterocycles. The number of hydrogen-bond acceptors (Lipinski definition) is 4. The number of imide groups is 1. The summed E-state index contributed by atoms with van der Waals surface area (Å²) >= 11 is 0.